The Kier molecular flexibility index (Phi) is 2.22. The highest BCUT2D eigenvalue weighted by molar-refractivity contribution is 9.10. The van der Waals surface area contributed by atoms with E-state index in [9.17, 15) is 0 Å². The number of hydrogen-bond donors (Lipinski definition) is 0. The van der Waals surface area contributed by atoms with E-state index in [1.54, 1.807) is 10.7 Å². The first-order chi connectivity index (χ1) is 7.83. The Labute approximate surface area is 101 Å². The van der Waals surface area contributed by atoms with Crippen LogP contribution in [0.2, 0.25) is 0 Å². The molecule has 0 aliphatic carbocycles. The van der Waals surface area contributed by atoms with E-state index in [-0.39, 0.29) is 0 Å². The molecular weight excluding hydrogens is 266 g/mol. The molecule has 0 bridgehead atoms. The average molecular weight is 274 g/mol. The molecule has 0 N–H and O–H groups in total. The van der Waals surface area contributed by atoms with Gasteiger partial charge in [0.25, 0.3) is 0 Å². The standard InChI is InChI=1S/C12H8BrN3/c13-11-3-1-2-9(6-11)10-7-14-12-4-5-15-16(12)8-10/h1-8H. The van der Waals surface area contributed by atoms with Crippen molar-refractivity contribution in [2.75, 3.05) is 0 Å². The van der Waals surface area contributed by atoms with Gasteiger partial charge in [0, 0.05) is 28.5 Å². The fourth-order valence-electron chi connectivity index (χ4n) is 1.63. The summed E-state index contributed by atoms with van der Waals surface area (Å²) in [7, 11) is 0. The second-order valence-electron chi connectivity index (χ2n) is 3.49. The lowest BCUT2D eigenvalue weighted by molar-refractivity contribution is 0.941. The molecule has 2 heterocycles. The maximum atomic E-state index is 4.33. The van der Waals surface area contributed by atoms with Crippen molar-refractivity contribution in [3.8, 4) is 11.1 Å². The molecule has 2 aromatic heterocycles. The predicted octanol–water partition coefficient (Wildman–Crippen LogP) is 3.16. The van der Waals surface area contributed by atoms with Gasteiger partial charge in [-0.15, -0.1) is 0 Å². The summed E-state index contributed by atoms with van der Waals surface area (Å²) >= 11 is 3.46. The highest BCUT2D eigenvalue weighted by Crippen LogP contribution is 2.22. The molecule has 0 fully saturated rings. The Morgan fingerprint density at radius 1 is 1.12 bits per heavy atom. The molecule has 3 nitrogen and oxygen atoms in total. The van der Waals surface area contributed by atoms with Gasteiger partial charge >= 0.3 is 0 Å². The highest BCUT2D eigenvalue weighted by atomic mass is 79.9. The summed E-state index contributed by atoms with van der Waals surface area (Å²) in [5.41, 5.74) is 3.04. The number of benzene rings is 1. The predicted molar refractivity (Wildman–Crippen MR) is 66.1 cm³/mol. The van der Waals surface area contributed by atoms with E-state index in [1.165, 1.54) is 0 Å². The van der Waals surface area contributed by atoms with E-state index in [0.29, 0.717) is 0 Å². The van der Waals surface area contributed by atoms with Gasteiger partial charge in [0.05, 0.1) is 6.20 Å². The number of aromatic nitrogens is 3. The maximum Gasteiger partial charge on any atom is 0.154 e. The van der Waals surface area contributed by atoms with Crippen LogP contribution in [-0.4, -0.2) is 14.6 Å². The molecule has 3 rings (SSSR count). The lowest BCUT2D eigenvalue weighted by Crippen LogP contribution is -1.90. The van der Waals surface area contributed by atoms with Gasteiger partial charge in [-0.1, -0.05) is 28.1 Å². The third-order valence-electron chi connectivity index (χ3n) is 2.40. The van der Waals surface area contributed by atoms with Crippen LogP contribution >= 0.6 is 15.9 Å². The molecule has 16 heavy (non-hydrogen) atoms. The number of rotatable bonds is 1. The number of nitrogens with zero attached hydrogens (tertiary/aromatic N) is 3. The summed E-state index contributed by atoms with van der Waals surface area (Å²) in [6.07, 6.45) is 5.58. The van der Waals surface area contributed by atoms with Crippen LogP contribution < -0.4 is 0 Å². The monoisotopic (exact) mass is 273 g/mol. The lowest BCUT2D eigenvalue weighted by Gasteiger charge is -2.02. The molecule has 1 aromatic carbocycles. The summed E-state index contributed by atoms with van der Waals surface area (Å²) < 4.78 is 2.83. The van der Waals surface area contributed by atoms with Crippen LogP contribution in [0.25, 0.3) is 16.8 Å². The van der Waals surface area contributed by atoms with Crippen molar-refractivity contribution in [3.05, 3.63) is 53.4 Å². The zero-order chi connectivity index (χ0) is 11.0. The van der Waals surface area contributed by atoms with E-state index in [2.05, 4.69) is 38.1 Å². The van der Waals surface area contributed by atoms with E-state index in [1.807, 2.05) is 30.6 Å². The van der Waals surface area contributed by atoms with Crippen molar-refractivity contribution in [1.82, 2.24) is 14.6 Å². The van der Waals surface area contributed by atoms with E-state index >= 15 is 0 Å². The molecule has 0 saturated heterocycles. The average Bonchev–Trinajstić information content (AvgIpc) is 2.75. The molecule has 0 amide bonds. The van der Waals surface area contributed by atoms with Gasteiger partial charge in [0.15, 0.2) is 5.65 Å². The highest BCUT2D eigenvalue weighted by Gasteiger charge is 2.01. The molecule has 0 radical (unpaired) electrons. The number of fused-ring (bicyclic) bond motifs is 1. The summed E-state index contributed by atoms with van der Waals surface area (Å²) in [5.74, 6) is 0. The second-order valence-corrected chi connectivity index (χ2v) is 4.40. The van der Waals surface area contributed by atoms with E-state index in [0.717, 1.165) is 21.2 Å². The minimum absolute atomic E-state index is 0.860. The minimum atomic E-state index is 0.860. The summed E-state index contributed by atoms with van der Waals surface area (Å²) in [4.78, 5) is 4.33. The first-order valence-corrected chi connectivity index (χ1v) is 5.67. The van der Waals surface area contributed by atoms with Crippen LogP contribution in [0.4, 0.5) is 0 Å². The van der Waals surface area contributed by atoms with Crippen molar-refractivity contribution in [3.63, 3.8) is 0 Å². The van der Waals surface area contributed by atoms with E-state index < -0.39 is 0 Å². The van der Waals surface area contributed by atoms with Gasteiger partial charge in [-0.3, -0.25) is 0 Å². The molecule has 0 spiro atoms. The number of hydrogen-bond acceptors (Lipinski definition) is 2. The van der Waals surface area contributed by atoms with Gasteiger partial charge in [-0.2, -0.15) is 5.10 Å². The minimum Gasteiger partial charge on any atom is -0.236 e. The Bertz CT molecular complexity index is 645. The first kappa shape index (κ1) is 9.54. The zero-order valence-electron chi connectivity index (χ0n) is 8.34. The molecular formula is C12H8BrN3. The number of halogens is 1. The molecule has 4 heteroatoms. The molecule has 0 atom stereocenters. The lowest BCUT2D eigenvalue weighted by atomic mass is 10.1. The molecule has 78 valence electrons. The second kappa shape index (κ2) is 3.72. The van der Waals surface area contributed by atoms with Crippen LogP contribution in [0.15, 0.2) is 53.4 Å². The third kappa shape index (κ3) is 1.61. The van der Waals surface area contributed by atoms with Crippen molar-refractivity contribution in [2.45, 2.75) is 0 Å². The maximum absolute atomic E-state index is 4.33. The summed E-state index contributed by atoms with van der Waals surface area (Å²) in [6, 6.07) is 10.0. The van der Waals surface area contributed by atoms with Crippen molar-refractivity contribution < 1.29 is 0 Å². The van der Waals surface area contributed by atoms with Gasteiger partial charge in [-0.25, -0.2) is 9.50 Å². The van der Waals surface area contributed by atoms with Crippen LogP contribution in [0.1, 0.15) is 0 Å². The SMILES string of the molecule is Brc1cccc(-c2cnc3ccnn3c2)c1. The molecule has 0 saturated carbocycles. The van der Waals surface area contributed by atoms with Crippen molar-refractivity contribution >= 4 is 21.6 Å². The molecule has 0 unspecified atom stereocenters. The van der Waals surface area contributed by atoms with Crippen molar-refractivity contribution in [1.29, 1.82) is 0 Å². The summed E-state index contributed by atoms with van der Waals surface area (Å²) in [5, 5.41) is 4.17. The molecule has 0 aliphatic rings. The molecule has 3 aromatic rings. The Hall–Kier alpha value is -1.68. The van der Waals surface area contributed by atoms with Gasteiger partial charge in [0.1, 0.15) is 0 Å². The molecule has 0 aliphatic heterocycles. The fraction of sp³-hybridized carbons (Fsp3) is 0. The Balaban J connectivity index is 2.18. The fourth-order valence-corrected chi connectivity index (χ4v) is 2.03. The van der Waals surface area contributed by atoms with Crippen LogP contribution in [0.3, 0.4) is 0 Å². The zero-order valence-corrected chi connectivity index (χ0v) is 9.92. The first-order valence-electron chi connectivity index (χ1n) is 4.88. The Morgan fingerprint density at radius 2 is 2.06 bits per heavy atom. The van der Waals surface area contributed by atoms with Gasteiger partial charge in [0.2, 0.25) is 0 Å². The quantitative estimate of drug-likeness (QED) is 0.682. The van der Waals surface area contributed by atoms with Gasteiger partial charge < -0.3 is 0 Å². The largest absolute Gasteiger partial charge is 0.236 e. The van der Waals surface area contributed by atoms with Crippen molar-refractivity contribution in [2.24, 2.45) is 0 Å². The topological polar surface area (TPSA) is 30.2 Å². The van der Waals surface area contributed by atoms with Crippen LogP contribution in [0, 0.1) is 0 Å². The van der Waals surface area contributed by atoms with Crippen LogP contribution in [0.5, 0.6) is 0 Å². The van der Waals surface area contributed by atoms with Gasteiger partial charge in [-0.05, 0) is 17.7 Å². The normalized spacial score (nSPS) is 10.8. The Morgan fingerprint density at radius 3 is 2.94 bits per heavy atom. The third-order valence-corrected chi connectivity index (χ3v) is 2.90. The van der Waals surface area contributed by atoms with E-state index in [4.69, 9.17) is 0 Å². The summed E-state index contributed by atoms with van der Waals surface area (Å²) in [6.45, 7) is 0. The smallest absolute Gasteiger partial charge is 0.154 e. The van der Waals surface area contributed by atoms with Crippen LogP contribution in [-0.2, 0) is 0 Å².